The van der Waals surface area contributed by atoms with Crippen LogP contribution in [0.25, 0.3) is 10.9 Å². The van der Waals surface area contributed by atoms with Crippen LogP contribution in [0.1, 0.15) is 19.0 Å². The van der Waals surface area contributed by atoms with Crippen molar-refractivity contribution >= 4 is 28.6 Å². The number of amides is 3. The molecular formula is C21H28N4O3. The van der Waals surface area contributed by atoms with Crippen LogP contribution in [0.2, 0.25) is 0 Å². The van der Waals surface area contributed by atoms with Crippen LogP contribution in [-0.4, -0.2) is 76.8 Å². The van der Waals surface area contributed by atoms with Gasteiger partial charge >= 0.3 is 0 Å². The number of benzene rings is 1. The molecule has 1 saturated heterocycles. The van der Waals surface area contributed by atoms with E-state index in [1.165, 1.54) is 11.8 Å². The molecule has 28 heavy (non-hydrogen) atoms. The number of hydrogen-bond acceptors (Lipinski definition) is 3. The van der Waals surface area contributed by atoms with E-state index in [4.69, 9.17) is 0 Å². The summed E-state index contributed by atoms with van der Waals surface area (Å²) < 4.78 is 2.14. The second kappa shape index (κ2) is 8.04. The standard InChI is InChI=1S/C21H28N4O3/c1-15-13-17-7-5-6-8-18(17)24(15)10-9-20(27)25-12-11-23(16(2)26)14-19(25)21(28)22(3)4/h5-8,13,19H,9-12,14H2,1-4H3. The Morgan fingerprint density at radius 3 is 2.54 bits per heavy atom. The van der Waals surface area contributed by atoms with E-state index in [0.29, 0.717) is 26.1 Å². The zero-order valence-corrected chi connectivity index (χ0v) is 17.0. The van der Waals surface area contributed by atoms with Gasteiger partial charge in [0.1, 0.15) is 6.04 Å². The van der Waals surface area contributed by atoms with Gasteiger partial charge in [-0.1, -0.05) is 18.2 Å². The van der Waals surface area contributed by atoms with Crippen LogP contribution in [0.4, 0.5) is 0 Å². The number of hydrogen-bond donors (Lipinski definition) is 0. The van der Waals surface area contributed by atoms with Crippen LogP contribution in [-0.2, 0) is 20.9 Å². The van der Waals surface area contributed by atoms with Crippen molar-refractivity contribution in [3.05, 3.63) is 36.0 Å². The minimum absolute atomic E-state index is 0.0550. The highest BCUT2D eigenvalue weighted by atomic mass is 16.2. The van der Waals surface area contributed by atoms with E-state index < -0.39 is 6.04 Å². The van der Waals surface area contributed by atoms with E-state index >= 15 is 0 Å². The first-order valence-electron chi connectivity index (χ1n) is 9.60. The normalized spacial score (nSPS) is 17.1. The van der Waals surface area contributed by atoms with Gasteiger partial charge in [-0.05, 0) is 24.4 Å². The minimum Gasteiger partial charge on any atom is -0.347 e. The lowest BCUT2D eigenvalue weighted by Crippen LogP contribution is -2.61. The molecule has 7 heteroatoms. The summed E-state index contributed by atoms with van der Waals surface area (Å²) in [6.07, 6.45) is 0.316. The van der Waals surface area contributed by atoms with Crippen LogP contribution in [0.5, 0.6) is 0 Å². The third kappa shape index (κ3) is 3.88. The lowest BCUT2D eigenvalue weighted by molar-refractivity contribution is -0.151. The quantitative estimate of drug-likeness (QED) is 0.802. The second-order valence-corrected chi connectivity index (χ2v) is 7.55. The molecule has 0 saturated carbocycles. The Labute approximate surface area is 165 Å². The average molecular weight is 384 g/mol. The third-order valence-corrected chi connectivity index (χ3v) is 5.44. The van der Waals surface area contributed by atoms with E-state index in [2.05, 4.69) is 22.8 Å². The molecule has 0 N–H and O–H groups in total. The summed E-state index contributed by atoms with van der Waals surface area (Å²) >= 11 is 0. The molecule has 3 amide bonds. The first-order valence-corrected chi connectivity index (χ1v) is 9.60. The summed E-state index contributed by atoms with van der Waals surface area (Å²) in [5.74, 6) is -0.277. The molecule has 1 aliphatic heterocycles. The van der Waals surface area contributed by atoms with E-state index in [1.807, 2.05) is 19.1 Å². The minimum atomic E-state index is -0.623. The number of fused-ring (bicyclic) bond motifs is 1. The average Bonchev–Trinajstić information content (AvgIpc) is 2.99. The van der Waals surface area contributed by atoms with Crippen LogP contribution in [0.3, 0.4) is 0 Å². The summed E-state index contributed by atoms with van der Waals surface area (Å²) in [5.41, 5.74) is 2.21. The Hall–Kier alpha value is -2.83. The topological polar surface area (TPSA) is 65.9 Å². The number of likely N-dealkylation sites (N-methyl/N-ethyl adjacent to an activating group) is 1. The summed E-state index contributed by atoms with van der Waals surface area (Å²) in [5, 5.41) is 1.16. The third-order valence-electron chi connectivity index (χ3n) is 5.44. The van der Waals surface area contributed by atoms with Crippen LogP contribution in [0.15, 0.2) is 30.3 Å². The molecule has 7 nitrogen and oxygen atoms in total. The molecule has 3 rings (SSSR count). The second-order valence-electron chi connectivity index (χ2n) is 7.55. The summed E-state index contributed by atoms with van der Waals surface area (Å²) in [6, 6.07) is 9.60. The predicted molar refractivity (Wildman–Crippen MR) is 108 cm³/mol. The Bertz CT molecular complexity index is 902. The van der Waals surface area contributed by atoms with Crippen molar-refractivity contribution in [2.24, 2.45) is 0 Å². The molecule has 150 valence electrons. The number of para-hydroxylation sites is 1. The molecule has 1 fully saturated rings. The first kappa shape index (κ1) is 19.9. The van der Waals surface area contributed by atoms with E-state index in [0.717, 1.165) is 16.6 Å². The summed E-state index contributed by atoms with van der Waals surface area (Å²) in [6.45, 7) is 5.19. The van der Waals surface area contributed by atoms with Gasteiger partial charge in [0.15, 0.2) is 0 Å². The highest BCUT2D eigenvalue weighted by Crippen LogP contribution is 2.20. The van der Waals surface area contributed by atoms with Crippen molar-refractivity contribution in [1.29, 1.82) is 0 Å². The monoisotopic (exact) mass is 384 g/mol. The van der Waals surface area contributed by atoms with Crippen molar-refractivity contribution in [1.82, 2.24) is 19.3 Å². The van der Waals surface area contributed by atoms with E-state index in [-0.39, 0.29) is 24.3 Å². The van der Waals surface area contributed by atoms with Gasteiger partial charge in [-0.25, -0.2) is 0 Å². The molecule has 0 bridgehead atoms. The number of aryl methyl sites for hydroxylation is 2. The Morgan fingerprint density at radius 1 is 1.14 bits per heavy atom. The van der Waals surface area contributed by atoms with Crippen molar-refractivity contribution in [3.63, 3.8) is 0 Å². The fourth-order valence-corrected chi connectivity index (χ4v) is 3.87. The Balaban J connectivity index is 1.75. The van der Waals surface area contributed by atoms with E-state index in [9.17, 15) is 14.4 Å². The maximum absolute atomic E-state index is 13.0. The van der Waals surface area contributed by atoms with Gasteiger partial charge in [0, 0.05) is 58.3 Å². The van der Waals surface area contributed by atoms with Crippen molar-refractivity contribution in [2.45, 2.75) is 32.9 Å². The van der Waals surface area contributed by atoms with Crippen LogP contribution < -0.4 is 0 Å². The van der Waals surface area contributed by atoms with Gasteiger partial charge in [0.25, 0.3) is 0 Å². The SMILES string of the molecule is CC(=O)N1CCN(C(=O)CCn2c(C)cc3ccccc32)C(C(=O)N(C)C)C1. The molecule has 1 atom stereocenters. The van der Waals surface area contributed by atoms with Crippen LogP contribution in [0, 0.1) is 6.92 Å². The zero-order chi connectivity index (χ0) is 20.4. The maximum Gasteiger partial charge on any atom is 0.246 e. The first-order chi connectivity index (χ1) is 13.3. The van der Waals surface area contributed by atoms with E-state index in [1.54, 1.807) is 23.9 Å². The lowest BCUT2D eigenvalue weighted by atomic mass is 10.1. The molecule has 2 aromatic rings. The Morgan fingerprint density at radius 2 is 1.86 bits per heavy atom. The smallest absolute Gasteiger partial charge is 0.246 e. The van der Waals surface area contributed by atoms with Gasteiger partial charge < -0.3 is 19.3 Å². The molecule has 1 aromatic carbocycles. The van der Waals surface area contributed by atoms with Crippen molar-refractivity contribution < 1.29 is 14.4 Å². The molecule has 0 spiro atoms. The lowest BCUT2D eigenvalue weighted by Gasteiger charge is -2.41. The maximum atomic E-state index is 13.0. The van der Waals surface area contributed by atoms with Gasteiger partial charge in [0.05, 0.1) is 6.54 Å². The number of nitrogens with zero attached hydrogens (tertiary/aromatic N) is 4. The number of rotatable bonds is 4. The predicted octanol–water partition coefficient (Wildman–Crippen LogP) is 1.49. The highest BCUT2D eigenvalue weighted by Gasteiger charge is 2.36. The molecule has 1 aliphatic rings. The van der Waals surface area contributed by atoms with Gasteiger partial charge in [-0.2, -0.15) is 0 Å². The molecule has 1 aromatic heterocycles. The van der Waals surface area contributed by atoms with Crippen molar-refractivity contribution in [3.8, 4) is 0 Å². The van der Waals surface area contributed by atoms with Gasteiger partial charge in [-0.3, -0.25) is 14.4 Å². The number of carbonyl (C=O) groups excluding carboxylic acids is 3. The number of piperazine rings is 1. The highest BCUT2D eigenvalue weighted by molar-refractivity contribution is 5.89. The molecule has 2 heterocycles. The van der Waals surface area contributed by atoms with Gasteiger partial charge in [-0.15, -0.1) is 0 Å². The molecule has 1 unspecified atom stereocenters. The van der Waals surface area contributed by atoms with Crippen LogP contribution >= 0.6 is 0 Å². The zero-order valence-electron chi connectivity index (χ0n) is 17.0. The van der Waals surface area contributed by atoms with Gasteiger partial charge in [0.2, 0.25) is 17.7 Å². The largest absolute Gasteiger partial charge is 0.347 e. The van der Waals surface area contributed by atoms with Crippen molar-refractivity contribution in [2.75, 3.05) is 33.7 Å². The molecule has 0 radical (unpaired) electrons. The number of aromatic nitrogens is 1. The fourth-order valence-electron chi connectivity index (χ4n) is 3.87. The summed E-state index contributed by atoms with van der Waals surface area (Å²) in [4.78, 5) is 42.1. The number of carbonyl (C=O) groups is 3. The fraction of sp³-hybridized carbons (Fsp3) is 0.476. The molecular weight excluding hydrogens is 356 g/mol. The molecule has 0 aliphatic carbocycles. The summed E-state index contributed by atoms with van der Waals surface area (Å²) in [7, 11) is 3.35. The Kier molecular flexibility index (Phi) is 5.72.